The molecule has 0 spiro atoms. The summed E-state index contributed by atoms with van der Waals surface area (Å²) in [5.41, 5.74) is 1.67. The Morgan fingerprint density at radius 1 is 1.07 bits per heavy atom. The number of anilines is 2. The molecule has 146 valence electrons. The molecule has 0 radical (unpaired) electrons. The summed E-state index contributed by atoms with van der Waals surface area (Å²) in [5.74, 6) is 0.387. The number of aryl methyl sites for hydroxylation is 1. The van der Waals surface area contributed by atoms with Gasteiger partial charge in [0.15, 0.2) is 0 Å². The zero-order valence-electron chi connectivity index (χ0n) is 15.2. The standard InChI is InChI=1S/C18H22N2O5S2/c1-14-5-10-17(25-2)18(13-14)27(23,24)19-15-6-8-16(9-7-15)20-11-3-4-12-26(20,21)22/h5-10,13,19H,3-4,11-12H2,1-2H3. The normalized spacial score (nSPS) is 16.7. The minimum atomic E-state index is -3.85. The van der Waals surface area contributed by atoms with Crippen LogP contribution in [-0.4, -0.2) is 36.2 Å². The van der Waals surface area contributed by atoms with Crippen LogP contribution in [0.2, 0.25) is 0 Å². The number of hydrogen-bond donors (Lipinski definition) is 1. The highest BCUT2D eigenvalue weighted by atomic mass is 32.2. The Balaban J connectivity index is 1.85. The van der Waals surface area contributed by atoms with E-state index in [-0.39, 0.29) is 16.4 Å². The van der Waals surface area contributed by atoms with Gasteiger partial charge in [0.25, 0.3) is 10.0 Å². The lowest BCUT2D eigenvalue weighted by Crippen LogP contribution is -2.37. The first-order chi connectivity index (χ1) is 12.7. The fourth-order valence-electron chi connectivity index (χ4n) is 2.98. The predicted molar refractivity (Wildman–Crippen MR) is 105 cm³/mol. The smallest absolute Gasteiger partial charge is 0.265 e. The van der Waals surface area contributed by atoms with Crippen molar-refractivity contribution in [3.05, 3.63) is 48.0 Å². The first kappa shape index (κ1) is 19.5. The first-order valence-corrected chi connectivity index (χ1v) is 11.6. The summed E-state index contributed by atoms with van der Waals surface area (Å²) >= 11 is 0. The highest BCUT2D eigenvalue weighted by molar-refractivity contribution is 7.93. The molecule has 0 aliphatic carbocycles. The average Bonchev–Trinajstić information content (AvgIpc) is 2.62. The van der Waals surface area contributed by atoms with Gasteiger partial charge in [-0.2, -0.15) is 0 Å². The second kappa shape index (κ2) is 7.40. The summed E-state index contributed by atoms with van der Waals surface area (Å²) in [4.78, 5) is 0.0488. The van der Waals surface area contributed by atoms with Crippen LogP contribution in [0.4, 0.5) is 11.4 Å². The SMILES string of the molecule is COc1ccc(C)cc1S(=O)(=O)Nc1ccc(N2CCCCS2(=O)=O)cc1. The monoisotopic (exact) mass is 410 g/mol. The maximum Gasteiger partial charge on any atom is 0.265 e. The minimum Gasteiger partial charge on any atom is -0.495 e. The molecule has 1 aliphatic rings. The molecule has 2 aromatic rings. The van der Waals surface area contributed by atoms with Crippen molar-refractivity contribution in [1.82, 2.24) is 0 Å². The number of sulfonamides is 2. The Labute approximate surface area is 160 Å². The van der Waals surface area contributed by atoms with Gasteiger partial charge in [-0.1, -0.05) is 6.07 Å². The fraction of sp³-hybridized carbons (Fsp3) is 0.333. The highest BCUT2D eigenvalue weighted by Gasteiger charge is 2.26. The van der Waals surface area contributed by atoms with Gasteiger partial charge in [-0.3, -0.25) is 9.03 Å². The largest absolute Gasteiger partial charge is 0.495 e. The van der Waals surface area contributed by atoms with Crippen LogP contribution >= 0.6 is 0 Å². The van der Waals surface area contributed by atoms with E-state index in [4.69, 9.17) is 4.74 Å². The molecule has 1 fully saturated rings. The zero-order chi connectivity index (χ0) is 19.7. The Morgan fingerprint density at radius 2 is 1.78 bits per heavy atom. The molecule has 0 amide bonds. The molecule has 1 aliphatic heterocycles. The Kier molecular flexibility index (Phi) is 5.34. The molecule has 3 rings (SSSR count). The van der Waals surface area contributed by atoms with E-state index in [2.05, 4.69) is 4.72 Å². The molecule has 27 heavy (non-hydrogen) atoms. The van der Waals surface area contributed by atoms with E-state index in [0.29, 0.717) is 24.3 Å². The molecule has 1 heterocycles. The van der Waals surface area contributed by atoms with Gasteiger partial charge < -0.3 is 4.74 Å². The molecular formula is C18H22N2O5S2. The maximum absolute atomic E-state index is 12.7. The Bertz CT molecular complexity index is 1030. The number of nitrogens with zero attached hydrogens (tertiary/aromatic N) is 1. The van der Waals surface area contributed by atoms with Gasteiger partial charge in [-0.05, 0) is 61.7 Å². The van der Waals surface area contributed by atoms with Crippen molar-refractivity contribution in [2.24, 2.45) is 0 Å². The molecule has 1 N–H and O–H groups in total. The Hall–Kier alpha value is -2.26. The molecule has 0 aromatic heterocycles. The van der Waals surface area contributed by atoms with Crippen molar-refractivity contribution in [3.8, 4) is 5.75 Å². The summed E-state index contributed by atoms with van der Waals surface area (Å²) in [6, 6.07) is 11.2. The second-order valence-corrected chi connectivity index (χ2v) is 10.1. The van der Waals surface area contributed by atoms with Crippen LogP contribution in [0, 0.1) is 6.92 Å². The molecule has 0 saturated carbocycles. The number of benzene rings is 2. The summed E-state index contributed by atoms with van der Waals surface area (Å²) in [6.45, 7) is 2.24. The quantitative estimate of drug-likeness (QED) is 0.818. The van der Waals surface area contributed by atoms with Gasteiger partial charge in [0.2, 0.25) is 10.0 Å². The van der Waals surface area contributed by atoms with E-state index in [0.717, 1.165) is 12.0 Å². The number of nitrogens with one attached hydrogen (secondary N) is 1. The molecule has 7 nitrogen and oxygen atoms in total. The molecule has 9 heteroatoms. The van der Waals surface area contributed by atoms with Crippen molar-refractivity contribution >= 4 is 31.4 Å². The number of hydrogen-bond acceptors (Lipinski definition) is 5. The van der Waals surface area contributed by atoms with Gasteiger partial charge in [0.05, 0.1) is 18.6 Å². The maximum atomic E-state index is 12.7. The lowest BCUT2D eigenvalue weighted by atomic mass is 10.2. The van der Waals surface area contributed by atoms with Crippen LogP contribution in [0.25, 0.3) is 0 Å². The van der Waals surface area contributed by atoms with E-state index < -0.39 is 20.0 Å². The second-order valence-electron chi connectivity index (χ2n) is 6.40. The van der Waals surface area contributed by atoms with Gasteiger partial charge in [-0.25, -0.2) is 16.8 Å². The zero-order valence-corrected chi connectivity index (χ0v) is 16.8. The predicted octanol–water partition coefficient (Wildman–Crippen LogP) is 2.73. The van der Waals surface area contributed by atoms with E-state index in [1.54, 1.807) is 43.3 Å². The van der Waals surface area contributed by atoms with Crippen LogP contribution in [0.15, 0.2) is 47.4 Å². The summed E-state index contributed by atoms with van der Waals surface area (Å²) in [7, 11) is -5.73. The molecular weight excluding hydrogens is 388 g/mol. The summed E-state index contributed by atoms with van der Waals surface area (Å²) < 4.78 is 58.9. The van der Waals surface area contributed by atoms with Gasteiger partial charge >= 0.3 is 0 Å². The molecule has 2 aromatic carbocycles. The molecule has 1 saturated heterocycles. The first-order valence-electron chi connectivity index (χ1n) is 8.51. The highest BCUT2D eigenvalue weighted by Crippen LogP contribution is 2.29. The number of methoxy groups -OCH3 is 1. The van der Waals surface area contributed by atoms with Crippen LogP contribution in [0.1, 0.15) is 18.4 Å². The third kappa shape index (κ3) is 4.19. The van der Waals surface area contributed by atoms with Crippen molar-refractivity contribution in [3.63, 3.8) is 0 Å². The number of rotatable bonds is 5. The van der Waals surface area contributed by atoms with Crippen molar-refractivity contribution in [2.45, 2.75) is 24.7 Å². The molecule has 0 bridgehead atoms. The van der Waals surface area contributed by atoms with E-state index in [1.165, 1.54) is 17.5 Å². The van der Waals surface area contributed by atoms with Gasteiger partial charge in [0, 0.05) is 12.2 Å². The fourth-order valence-corrected chi connectivity index (χ4v) is 5.93. The van der Waals surface area contributed by atoms with E-state index >= 15 is 0 Å². The van der Waals surface area contributed by atoms with Crippen molar-refractivity contribution in [1.29, 1.82) is 0 Å². The van der Waals surface area contributed by atoms with Crippen LogP contribution in [0.5, 0.6) is 5.75 Å². The van der Waals surface area contributed by atoms with Crippen LogP contribution < -0.4 is 13.8 Å². The number of ether oxygens (including phenoxy) is 1. The van der Waals surface area contributed by atoms with E-state index in [1.807, 2.05) is 0 Å². The Morgan fingerprint density at radius 3 is 2.41 bits per heavy atom. The van der Waals surface area contributed by atoms with E-state index in [9.17, 15) is 16.8 Å². The molecule has 0 atom stereocenters. The third-order valence-electron chi connectivity index (χ3n) is 4.37. The van der Waals surface area contributed by atoms with Crippen LogP contribution in [-0.2, 0) is 20.0 Å². The van der Waals surface area contributed by atoms with Crippen molar-refractivity contribution in [2.75, 3.05) is 28.4 Å². The summed E-state index contributed by atoms with van der Waals surface area (Å²) in [5, 5.41) is 0. The lowest BCUT2D eigenvalue weighted by Gasteiger charge is -2.28. The van der Waals surface area contributed by atoms with Crippen molar-refractivity contribution < 1.29 is 21.6 Å². The summed E-state index contributed by atoms with van der Waals surface area (Å²) in [6.07, 6.45) is 1.47. The van der Waals surface area contributed by atoms with Gasteiger partial charge in [0.1, 0.15) is 10.6 Å². The van der Waals surface area contributed by atoms with Crippen LogP contribution in [0.3, 0.4) is 0 Å². The lowest BCUT2D eigenvalue weighted by molar-refractivity contribution is 0.402. The minimum absolute atomic E-state index is 0.0488. The average molecular weight is 411 g/mol. The topological polar surface area (TPSA) is 92.8 Å². The third-order valence-corrected chi connectivity index (χ3v) is 7.64. The molecule has 0 unspecified atom stereocenters. The van der Waals surface area contributed by atoms with Gasteiger partial charge in [-0.15, -0.1) is 0 Å².